The number of piperazine rings is 1. The maximum absolute atomic E-state index is 12.3. The zero-order valence-electron chi connectivity index (χ0n) is 19.7. The van der Waals surface area contributed by atoms with E-state index < -0.39 is 0 Å². The Kier molecular flexibility index (Phi) is 7.94. The Morgan fingerprint density at radius 1 is 0.824 bits per heavy atom. The molecule has 1 aliphatic heterocycles. The fourth-order valence-electron chi connectivity index (χ4n) is 4.20. The van der Waals surface area contributed by atoms with Gasteiger partial charge in [-0.15, -0.1) is 0 Å². The van der Waals surface area contributed by atoms with E-state index in [-0.39, 0.29) is 18.2 Å². The molecule has 0 aromatic heterocycles. The van der Waals surface area contributed by atoms with Crippen molar-refractivity contribution >= 4 is 23.2 Å². The molecule has 4 rings (SSSR count). The first-order chi connectivity index (χ1) is 16.6. The minimum Gasteiger partial charge on any atom is -0.369 e. The number of hydrogen-bond acceptors (Lipinski definition) is 4. The summed E-state index contributed by atoms with van der Waals surface area (Å²) in [6, 6.07) is 26.0. The van der Waals surface area contributed by atoms with Gasteiger partial charge >= 0.3 is 0 Å². The third-order valence-electron chi connectivity index (χ3n) is 6.16. The van der Waals surface area contributed by atoms with E-state index in [1.54, 1.807) is 6.07 Å². The molecule has 176 valence electrons. The highest BCUT2D eigenvalue weighted by molar-refractivity contribution is 5.96. The van der Waals surface area contributed by atoms with Crippen molar-refractivity contribution in [3.63, 3.8) is 0 Å². The van der Waals surface area contributed by atoms with Crippen molar-refractivity contribution in [1.82, 2.24) is 10.2 Å². The highest BCUT2D eigenvalue weighted by Gasteiger charge is 2.17. The van der Waals surface area contributed by atoms with E-state index in [1.165, 1.54) is 11.3 Å². The Balaban J connectivity index is 1.19. The number of nitrogens with one attached hydrogen (secondary N) is 2. The van der Waals surface area contributed by atoms with Crippen molar-refractivity contribution in [1.29, 1.82) is 0 Å². The largest absolute Gasteiger partial charge is 0.369 e. The average Bonchev–Trinajstić information content (AvgIpc) is 2.86. The smallest absolute Gasteiger partial charge is 0.251 e. The van der Waals surface area contributed by atoms with Crippen molar-refractivity contribution in [2.24, 2.45) is 0 Å². The molecule has 34 heavy (non-hydrogen) atoms. The molecule has 1 aliphatic rings. The molecule has 0 atom stereocenters. The van der Waals surface area contributed by atoms with Gasteiger partial charge < -0.3 is 15.5 Å². The quantitative estimate of drug-likeness (QED) is 0.536. The lowest BCUT2D eigenvalue weighted by Gasteiger charge is -2.36. The van der Waals surface area contributed by atoms with E-state index in [0.717, 1.165) is 44.0 Å². The second-order valence-corrected chi connectivity index (χ2v) is 8.66. The van der Waals surface area contributed by atoms with E-state index in [4.69, 9.17) is 0 Å². The minimum absolute atomic E-state index is 0.118. The number of carbonyl (C=O) groups excluding carboxylic acids is 2. The van der Waals surface area contributed by atoms with Crippen LogP contribution in [0, 0.1) is 6.92 Å². The number of nitrogens with zero attached hydrogens (tertiary/aromatic N) is 2. The number of amides is 2. The summed E-state index contributed by atoms with van der Waals surface area (Å²) in [6.45, 7) is 7.22. The van der Waals surface area contributed by atoms with Gasteiger partial charge in [0, 0.05) is 62.6 Å². The van der Waals surface area contributed by atoms with Gasteiger partial charge in [-0.3, -0.25) is 14.5 Å². The fraction of sp³-hybridized carbons (Fsp3) is 0.286. The zero-order valence-corrected chi connectivity index (χ0v) is 19.7. The SMILES string of the molecule is Cc1ccccc1C(=O)NCCC(=O)Nc1ccc(N2CCN(Cc3ccccc3)CC2)cc1. The second kappa shape index (κ2) is 11.5. The fourth-order valence-corrected chi connectivity index (χ4v) is 4.20. The lowest BCUT2D eigenvalue weighted by Crippen LogP contribution is -2.45. The highest BCUT2D eigenvalue weighted by Crippen LogP contribution is 2.20. The van der Waals surface area contributed by atoms with E-state index in [9.17, 15) is 9.59 Å². The van der Waals surface area contributed by atoms with Gasteiger partial charge in [-0.25, -0.2) is 0 Å². The van der Waals surface area contributed by atoms with Crippen LogP contribution in [0.3, 0.4) is 0 Å². The van der Waals surface area contributed by atoms with E-state index >= 15 is 0 Å². The van der Waals surface area contributed by atoms with Crippen LogP contribution < -0.4 is 15.5 Å². The first kappa shape index (κ1) is 23.5. The topological polar surface area (TPSA) is 64.7 Å². The lowest BCUT2D eigenvalue weighted by molar-refractivity contribution is -0.116. The zero-order chi connectivity index (χ0) is 23.8. The molecule has 1 heterocycles. The summed E-state index contributed by atoms with van der Waals surface area (Å²) in [7, 11) is 0. The monoisotopic (exact) mass is 456 g/mol. The molecule has 0 unspecified atom stereocenters. The first-order valence-corrected chi connectivity index (χ1v) is 11.8. The minimum atomic E-state index is -0.154. The molecule has 2 amide bonds. The van der Waals surface area contributed by atoms with Crippen LogP contribution in [0.15, 0.2) is 78.9 Å². The molecule has 3 aromatic rings. The van der Waals surface area contributed by atoms with Crippen LogP contribution in [0.5, 0.6) is 0 Å². The molecule has 1 saturated heterocycles. The van der Waals surface area contributed by atoms with E-state index in [2.05, 4.69) is 62.9 Å². The maximum atomic E-state index is 12.3. The van der Waals surface area contributed by atoms with Gasteiger partial charge in [0.1, 0.15) is 0 Å². The van der Waals surface area contributed by atoms with Crippen LogP contribution in [-0.4, -0.2) is 49.4 Å². The summed E-state index contributed by atoms with van der Waals surface area (Å²) in [5.41, 5.74) is 4.84. The molecule has 6 heteroatoms. The van der Waals surface area contributed by atoms with E-state index in [1.807, 2.05) is 37.3 Å². The number of aryl methyl sites for hydroxylation is 1. The first-order valence-electron chi connectivity index (χ1n) is 11.8. The molecule has 0 spiro atoms. The van der Waals surface area contributed by atoms with Crippen molar-refractivity contribution in [2.75, 3.05) is 42.9 Å². The molecule has 1 fully saturated rings. The Hall–Kier alpha value is -3.64. The standard InChI is InChI=1S/C28H32N4O2/c1-22-7-5-6-10-26(22)28(34)29-16-15-27(33)30-24-11-13-25(14-12-24)32-19-17-31(18-20-32)21-23-8-3-2-4-9-23/h2-14H,15-21H2,1H3,(H,29,34)(H,30,33). The van der Waals surface area contributed by atoms with Crippen molar-refractivity contribution in [3.8, 4) is 0 Å². The number of rotatable bonds is 8. The predicted octanol–water partition coefficient (Wildman–Crippen LogP) is 4.08. The second-order valence-electron chi connectivity index (χ2n) is 8.66. The van der Waals surface area contributed by atoms with Crippen LogP contribution in [-0.2, 0) is 11.3 Å². The Morgan fingerprint density at radius 2 is 1.50 bits per heavy atom. The van der Waals surface area contributed by atoms with Gasteiger partial charge in [0.15, 0.2) is 0 Å². The molecule has 0 saturated carbocycles. The van der Waals surface area contributed by atoms with Crippen LogP contribution in [0.4, 0.5) is 11.4 Å². The van der Waals surface area contributed by atoms with Crippen molar-refractivity contribution in [3.05, 3.63) is 95.6 Å². The van der Waals surface area contributed by atoms with Gasteiger partial charge in [-0.2, -0.15) is 0 Å². The Bertz CT molecular complexity index is 1090. The summed E-state index contributed by atoms with van der Waals surface area (Å²) >= 11 is 0. The summed E-state index contributed by atoms with van der Waals surface area (Å²) in [6.07, 6.45) is 0.225. The molecule has 0 bridgehead atoms. The number of benzene rings is 3. The van der Waals surface area contributed by atoms with Gasteiger partial charge in [-0.1, -0.05) is 48.5 Å². The highest BCUT2D eigenvalue weighted by atomic mass is 16.2. The Labute approximate surface area is 201 Å². The number of hydrogen-bond donors (Lipinski definition) is 2. The summed E-state index contributed by atoms with van der Waals surface area (Å²) in [5, 5.41) is 5.73. The number of carbonyl (C=O) groups is 2. The molecule has 3 aromatic carbocycles. The summed E-state index contributed by atoms with van der Waals surface area (Å²) in [4.78, 5) is 29.4. The summed E-state index contributed by atoms with van der Waals surface area (Å²) in [5.74, 6) is -0.272. The average molecular weight is 457 g/mol. The third-order valence-corrected chi connectivity index (χ3v) is 6.16. The molecule has 0 radical (unpaired) electrons. The van der Waals surface area contributed by atoms with Gasteiger partial charge in [0.25, 0.3) is 5.91 Å². The summed E-state index contributed by atoms with van der Waals surface area (Å²) < 4.78 is 0. The predicted molar refractivity (Wildman–Crippen MR) is 137 cm³/mol. The van der Waals surface area contributed by atoms with Crippen LogP contribution in [0.2, 0.25) is 0 Å². The van der Waals surface area contributed by atoms with Gasteiger partial charge in [0.2, 0.25) is 5.91 Å². The number of anilines is 2. The third kappa shape index (κ3) is 6.45. The molecule has 2 N–H and O–H groups in total. The van der Waals surface area contributed by atoms with Gasteiger partial charge in [-0.05, 0) is 48.4 Å². The lowest BCUT2D eigenvalue weighted by atomic mass is 10.1. The normalized spacial score (nSPS) is 14.0. The van der Waals surface area contributed by atoms with Gasteiger partial charge in [0.05, 0.1) is 0 Å². The molecule has 0 aliphatic carbocycles. The maximum Gasteiger partial charge on any atom is 0.251 e. The van der Waals surface area contributed by atoms with Crippen LogP contribution in [0.1, 0.15) is 27.9 Å². The van der Waals surface area contributed by atoms with E-state index in [0.29, 0.717) is 12.1 Å². The Morgan fingerprint density at radius 3 is 2.21 bits per heavy atom. The van der Waals surface area contributed by atoms with Crippen LogP contribution >= 0.6 is 0 Å². The molecule has 6 nitrogen and oxygen atoms in total. The van der Waals surface area contributed by atoms with Crippen LogP contribution in [0.25, 0.3) is 0 Å². The molecular formula is C28H32N4O2. The van der Waals surface area contributed by atoms with Crippen molar-refractivity contribution < 1.29 is 9.59 Å². The van der Waals surface area contributed by atoms with Crippen molar-refractivity contribution in [2.45, 2.75) is 19.9 Å². The molecular weight excluding hydrogens is 424 g/mol.